The van der Waals surface area contributed by atoms with Crippen LogP contribution in [0.25, 0.3) is 0 Å². The molecule has 0 bridgehead atoms. The fraction of sp³-hybridized carbons (Fsp3) is 0.475. The highest BCUT2D eigenvalue weighted by atomic mass is 32.2. The Hall–Kier alpha value is -7.89. The number of ether oxygens (including phenoxy) is 4. The smallest absolute Gasteiger partial charge is 0.247 e. The number of carbonyl (C=O) groups excluding carboxylic acids is 2. The third-order valence-electron chi connectivity index (χ3n) is 19.4. The lowest BCUT2D eigenvalue weighted by molar-refractivity contribution is -0.130. The molecule has 3 fully saturated rings. The summed E-state index contributed by atoms with van der Waals surface area (Å²) in [5, 5.41) is 39.0. The van der Waals surface area contributed by atoms with Crippen LogP contribution in [0.1, 0.15) is 136 Å². The van der Waals surface area contributed by atoms with Crippen LogP contribution in [0.3, 0.4) is 0 Å². The van der Waals surface area contributed by atoms with E-state index in [-0.39, 0.29) is 52.8 Å². The fourth-order valence-electron chi connectivity index (χ4n) is 14.1. The van der Waals surface area contributed by atoms with Crippen LogP contribution < -0.4 is 25.3 Å². The van der Waals surface area contributed by atoms with Crippen molar-refractivity contribution in [3.05, 3.63) is 177 Å². The van der Waals surface area contributed by atoms with E-state index in [1.54, 1.807) is 47.4 Å². The number of aryl methyl sites for hydroxylation is 3. The second-order valence-electron chi connectivity index (χ2n) is 28.8. The predicted molar refractivity (Wildman–Crippen MR) is 406 cm³/mol. The van der Waals surface area contributed by atoms with Gasteiger partial charge >= 0.3 is 0 Å². The van der Waals surface area contributed by atoms with E-state index in [1.807, 2.05) is 69.0 Å². The molecule has 12 rings (SSSR count). The summed E-state index contributed by atoms with van der Waals surface area (Å²) in [6.07, 6.45) is 7.17. The lowest BCUT2D eigenvalue weighted by atomic mass is 9.89. The number of rotatable bonds is 19. The Balaban J connectivity index is 0.000000167. The number of pyridine rings is 3. The van der Waals surface area contributed by atoms with Crippen LogP contribution in [0.4, 0.5) is 31.9 Å². The molecular formula is C80H96F2N12O6S3. The first kappa shape index (κ1) is 77.7. The first-order chi connectivity index (χ1) is 49.4. The average molecular weight is 1460 g/mol. The standard InChI is InChI=1S/C28H33FN4O2S.C28H35N5O2S.C24H28FN3O2S/c1-6-25(34)33-18(2)15-32(16-19(33)3)26-24-17-35-28(4,5)13-22(24)23(14-30)27(31-26)36-12-11-20-7-9-21(29)10-8-20;1-6-25(34)31-21-9-7-20(8-10-21)11-12-36-27-23(14-29)22-13-28(4,5)35-17-24(22)26(32-27)33-15-18(2)30-19(3)16-33;1-16(2)22-13-19-20(14-26)24(31-12-7-17-3-5-18(25)6-4-17)27-23(21(19)15-30-22)28-8-10-29-11-9-28/h6-10,18-19H,1,11-13,15-17H2,2-5H3;6-10,18-19,30H,1,11-13,15-17H2,2-5H3,(H,31,34);3-6,16,22H,7-13,15H2,1-2H3. The minimum absolute atomic E-state index is 0.0112. The van der Waals surface area contributed by atoms with Crippen LogP contribution in [0.15, 0.2) is 113 Å². The van der Waals surface area contributed by atoms with Gasteiger partial charge in [0.1, 0.15) is 62.4 Å². The van der Waals surface area contributed by atoms with Crippen molar-refractivity contribution in [3.8, 4) is 18.2 Å². The monoisotopic (exact) mass is 1450 g/mol. The van der Waals surface area contributed by atoms with E-state index >= 15 is 0 Å². The van der Waals surface area contributed by atoms with Crippen molar-refractivity contribution in [3.63, 3.8) is 0 Å². The van der Waals surface area contributed by atoms with Crippen LogP contribution in [0.5, 0.6) is 0 Å². The average Bonchev–Trinajstić information content (AvgIpc) is 0.765. The number of thioether (sulfide) groups is 3. The molecule has 2 N–H and O–H groups in total. The van der Waals surface area contributed by atoms with Crippen molar-refractivity contribution in [2.75, 3.05) is 89.8 Å². The van der Waals surface area contributed by atoms with E-state index in [0.29, 0.717) is 93.7 Å². The number of anilines is 4. The van der Waals surface area contributed by atoms with Gasteiger partial charge in [-0.2, -0.15) is 15.8 Å². The minimum atomic E-state index is -0.372. The molecule has 0 radical (unpaired) electrons. The summed E-state index contributed by atoms with van der Waals surface area (Å²) in [6.45, 7) is 35.5. The second-order valence-corrected chi connectivity index (χ2v) is 32.0. The molecule has 6 aromatic rings. The third-order valence-corrected chi connectivity index (χ3v) is 22.3. The fourth-order valence-corrected chi connectivity index (χ4v) is 17.1. The number of hydrogen-bond acceptors (Lipinski definition) is 19. The van der Waals surface area contributed by atoms with Gasteiger partial charge < -0.3 is 49.2 Å². The van der Waals surface area contributed by atoms with Crippen molar-refractivity contribution in [2.24, 2.45) is 5.92 Å². The maximum Gasteiger partial charge on any atom is 0.247 e. The van der Waals surface area contributed by atoms with Gasteiger partial charge in [0.2, 0.25) is 11.8 Å². The van der Waals surface area contributed by atoms with Crippen molar-refractivity contribution in [2.45, 2.75) is 184 Å². The third kappa shape index (κ3) is 19.7. The van der Waals surface area contributed by atoms with E-state index in [0.717, 1.165) is 157 Å². The Labute approximate surface area is 619 Å². The van der Waals surface area contributed by atoms with Gasteiger partial charge in [0.15, 0.2) is 0 Å². The van der Waals surface area contributed by atoms with Crippen LogP contribution in [-0.2, 0) is 86.9 Å². The number of hydrogen-bond donors (Lipinski definition) is 2. The zero-order chi connectivity index (χ0) is 73.7. The molecule has 5 atom stereocenters. The largest absolute Gasteiger partial charge is 0.378 e. The Bertz CT molecular complexity index is 4130. The molecule has 0 spiro atoms. The Morgan fingerprint density at radius 1 is 0.602 bits per heavy atom. The van der Waals surface area contributed by atoms with Crippen LogP contribution >= 0.6 is 35.3 Å². The molecule has 5 unspecified atom stereocenters. The lowest BCUT2D eigenvalue weighted by Gasteiger charge is -2.45. The molecule has 0 saturated carbocycles. The number of aromatic nitrogens is 3. The van der Waals surface area contributed by atoms with Crippen LogP contribution in [-0.4, -0.2) is 143 Å². The highest BCUT2D eigenvalue weighted by Gasteiger charge is 2.39. The van der Waals surface area contributed by atoms with Crippen molar-refractivity contribution < 1.29 is 37.3 Å². The van der Waals surface area contributed by atoms with E-state index < -0.39 is 0 Å². The molecule has 3 aromatic carbocycles. The van der Waals surface area contributed by atoms with Gasteiger partial charge in [-0.25, -0.2) is 23.7 Å². The molecule has 2 amide bonds. The van der Waals surface area contributed by atoms with Crippen molar-refractivity contribution in [1.82, 2.24) is 25.2 Å². The van der Waals surface area contributed by atoms with E-state index in [9.17, 15) is 34.2 Å². The summed E-state index contributed by atoms with van der Waals surface area (Å²) in [5.41, 5.74) is 11.6. The summed E-state index contributed by atoms with van der Waals surface area (Å²) in [6, 6.07) is 29.0. The zero-order valence-corrected chi connectivity index (χ0v) is 63.5. The van der Waals surface area contributed by atoms with Crippen LogP contribution in [0.2, 0.25) is 0 Å². The Morgan fingerprint density at radius 2 is 1.01 bits per heavy atom. The van der Waals surface area contributed by atoms with Gasteiger partial charge in [-0.3, -0.25) is 9.59 Å². The number of nitrogens with zero attached hydrogens (tertiary/aromatic N) is 10. The molecule has 0 aliphatic carbocycles. The predicted octanol–water partition coefficient (Wildman–Crippen LogP) is 13.7. The Morgan fingerprint density at radius 3 is 1.43 bits per heavy atom. The van der Waals surface area contributed by atoms with E-state index in [1.165, 1.54) is 36.4 Å². The number of morpholine rings is 1. The summed E-state index contributed by atoms with van der Waals surface area (Å²) in [4.78, 5) is 47.7. The molecule has 9 heterocycles. The maximum atomic E-state index is 13.3. The molecule has 6 aliphatic heterocycles. The zero-order valence-electron chi connectivity index (χ0n) is 61.0. The number of halogens is 2. The minimum Gasteiger partial charge on any atom is -0.378 e. The van der Waals surface area contributed by atoms with Gasteiger partial charge in [0.05, 0.1) is 67.0 Å². The highest BCUT2D eigenvalue weighted by Crippen LogP contribution is 2.43. The van der Waals surface area contributed by atoms with Crippen molar-refractivity contribution >= 4 is 70.2 Å². The van der Waals surface area contributed by atoms with E-state index in [4.69, 9.17) is 33.9 Å². The quantitative estimate of drug-likeness (QED) is 0.0569. The normalized spacial score (nSPS) is 20.2. The SMILES string of the molecule is C=CC(=O)N1C(C)CN(c2nc(SCCc3ccc(F)cc3)c(C#N)c3c2COC(C)(C)C3)CC1C.C=CC(=O)Nc1ccc(CCSc2nc(N3CC(C)NC(C)C3)c3c(c2C#N)CC(C)(C)OC3)cc1.CC(C)C1Cc2c(C#N)c(SCCc3ccc(F)cc3)nc(N3CCOCC3)c2CO1. The van der Waals surface area contributed by atoms with Gasteiger partial charge in [0.25, 0.3) is 0 Å². The van der Waals surface area contributed by atoms with Gasteiger partial charge in [0, 0.05) is 122 Å². The summed E-state index contributed by atoms with van der Waals surface area (Å²) >= 11 is 4.80. The van der Waals surface area contributed by atoms with Gasteiger partial charge in [-0.1, -0.05) is 63.4 Å². The number of nitriles is 3. The van der Waals surface area contributed by atoms with E-state index in [2.05, 4.69) is 98.2 Å². The lowest BCUT2D eigenvalue weighted by Crippen LogP contribution is -2.58. The Kier molecular flexibility index (Phi) is 26.6. The maximum absolute atomic E-state index is 13.3. The second kappa shape index (κ2) is 35.3. The number of piperazine rings is 2. The molecule has 3 aromatic heterocycles. The van der Waals surface area contributed by atoms with Gasteiger partial charge in [-0.15, -0.1) is 35.3 Å². The van der Waals surface area contributed by atoms with Crippen molar-refractivity contribution in [1.29, 1.82) is 15.8 Å². The number of benzene rings is 3. The molecule has 23 heteroatoms. The summed E-state index contributed by atoms with van der Waals surface area (Å²) < 4.78 is 50.4. The first-order valence-corrected chi connectivity index (χ1v) is 38.5. The number of nitrogens with one attached hydrogen (secondary N) is 2. The molecule has 3 saturated heterocycles. The van der Waals surface area contributed by atoms with Gasteiger partial charge in [-0.05, 0) is 163 Å². The molecular weight excluding hydrogens is 1360 g/mol. The summed E-state index contributed by atoms with van der Waals surface area (Å²) in [5.74, 6) is 4.66. The number of amides is 2. The molecule has 103 heavy (non-hydrogen) atoms. The highest BCUT2D eigenvalue weighted by molar-refractivity contribution is 7.99. The molecule has 544 valence electrons. The molecule has 6 aliphatic rings. The summed E-state index contributed by atoms with van der Waals surface area (Å²) in [7, 11) is 0. The van der Waals surface area contributed by atoms with Crippen LogP contribution in [0, 0.1) is 51.5 Å². The topological polar surface area (TPSA) is 218 Å². The molecule has 18 nitrogen and oxygen atoms in total. The number of carbonyl (C=O) groups is 2. The number of fused-ring (bicyclic) bond motifs is 3. The first-order valence-electron chi connectivity index (χ1n) is 35.6.